The minimum atomic E-state index is -1.16. The molecule has 2 amide bonds. The van der Waals surface area contributed by atoms with E-state index in [9.17, 15) is 9.59 Å². The van der Waals surface area contributed by atoms with E-state index in [1.807, 2.05) is 41.3 Å². The van der Waals surface area contributed by atoms with Crippen LogP contribution in [0.15, 0.2) is 46.9 Å². The number of hydrogen-bond donors (Lipinski definition) is 1. The van der Waals surface area contributed by atoms with Crippen molar-refractivity contribution in [3.8, 4) is 0 Å². The van der Waals surface area contributed by atoms with Gasteiger partial charge in [-0.15, -0.1) is 0 Å². The Kier molecular flexibility index (Phi) is 4.74. The molecule has 0 saturated carbocycles. The summed E-state index contributed by atoms with van der Waals surface area (Å²) in [6.45, 7) is 7.04. The van der Waals surface area contributed by atoms with Crippen LogP contribution >= 0.6 is 15.9 Å². The molecular formula is C25H26BrN3O2. The zero-order chi connectivity index (χ0) is 21.9. The number of aromatic nitrogens is 1. The number of hydrogen-bond acceptors (Lipinski definition) is 2. The Bertz CT molecular complexity index is 1210. The zero-order valence-corrected chi connectivity index (χ0v) is 19.6. The van der Waals surface area contributed by atoms with Crippen LogP contribution in [0.1, 0.15) is 44.0 Å². The number of halogens is 1. The Labute approximate surface area is 190 Å². The van der Waals surface area contributed by atoms with Gasteiger partial charge in [-0.05, 0) is 48.6 Å². The average molecular weight is 480 g/mol. The highest BCUT2D eigenvalue weighted by Gasteiger charge is 2.60. The van der Waals surface area contributed by atoms with Gasteiger partial charge in [0.05, 0.1) is 11.4 Å². The molecular weight excluding hydrogens is 454 g/mol. The first kappa shape index (κ1) is 20.3. The van der Waals surface area contributed by atoms with Crippen molar-refractivity contribution in [2.24, 2.45) is 5.92 Å². The second-order valence-corrected chi connectivity index (χ2v) is 9.87. The number of benzene rings is 2. The van der Waals surface area contributed by atoms with Crippen molar-refractivity contribution in [1.29, 1.82) is 0 Å². The maximum absolute atomic E-state index is 14.3. The normalized spacial score (nSPS) is 20.1. The Balaban J connectivity index is 1.82. The van der Waals surface area contributed by atoms with Gasteiger partial charge in [-0.3, -0.25) is 9.59 Å². The molecule has 0 aliphatic carbocycles. The Hall–Kier alpha value is -2.60. The Morgan fingerprint density at radius 3 is 2.74 bits per heavy atom. The molecule has 5 nitrogen and oxygen atoms in total. The molecule has 1 N–H and O–H groups in total. The first-order valence-electron chi connectivity index (χ1n) is 10.9. The third kappa shape index (κ3) is 2.80. The second kappa shape index (κ2) is 7.23. The van der Waals surface area contributed by atoms with Gasteiger partial charge in [-0.25, -0.2) is 0 Å². The number of anilines is 1. The summed E-state index contributed by atoms with van der Waals surface area (Å²) in [5, 5.41) is 1.13. The smallest absolute Gasteiger partial charge is 0.263 e. The molecule has 6 heteroatoms. The van der Waals surface area contributed by atoms with E-state index in [4.69, 9.17) is 0 Å². The number of nitrogens with one attached hydrogen (secondary N) is 1. The van der Waals surface area contributed by atoms with E-state index in [1.54, 1.807) is 11.8 Å². The molecule has 0 bridgehead atoms. The number of carbonyl (C=O) groups is 2. The summed E-state index contributed by atoms with van der Waals surface area (Å²) in [6.07, 6.45) is 1.63. The van der Waals surface area contributed by atoms with Crippen molar-refractivity contribution in [1.82, 2.24) is 9.88 Å². The lowest BCUT2D eigenvalue weighted by Gasteiger charge is -2.43. The number of amides is 2. The van der Waals surface area contributed by atoms with Crippen LogP contribution in [0.2, 0.25) is 0 Å². The third-order valence-corrected chi connectivity index (χ3v) is 7.16. The van der Waals surface area contributed by atoms with Crippen molar-refractivity contribution < 1.29 is 9.59 Å². The van der Waals surface area contributed by atoms with Gasteiger partial charge in [0.15, 0.2) is 5.54 Å². The highest BCUT2D eigenvalue weighted by atomic mass is 79.9. The number of aromatic amines is 1. The number of H-pyrrole nitrogens is 1. The van der Waals surface area contributed by atoms with E-state index in [0.717, 1.165) is 50.7 Å². The van der Waals surface area contributed by atoms with Crippen molar-refractivity contribution in [3.63, 3.8) is 0 Å². The van der Waals surface area contributed by atoms with Crippen LogP contribution in [-0.4, -0.2) is 34.8 Å². The molecule has 3 aromatic rings. The van der Waals surface area contributed by atoms with Crippen molar-refractivity contribution >= 4 is 44.3 Å². The minimum absolute atomic E-state index is 0.0380. The predicted octanol–water partition coefficient (Wildman–Crippen LogP) is 4.97. The average Bonchev–Trinajstić information content (AvgIpc) is 3.22. The lowest BCUT2D eigenvalue weighted by Crippen LogP contribution is -2.59. The summed E-state index contributed by atoms with van der Waals surface area (Å²) in [5.41, 5.74) is 3.59. The molecule has 0 unspecified atom stereocenters. The standard InChI is InChI=1S/C25H26BrN3O2/c1-15(2)10-12-28-22-9-8-17(26)14-20(22)25(24(28)31)23-19(11-13-29(25)16(3)30)18-6-4-5-7-21(18)27-23/h4-9,14-15,27H,10-13H2,1-3H3/t25-/m0/s1. The number of carbonyl (C=O) groups excluding carboxylic acids is 2. The lowest BCUT2D eigenvalue weighted by molar-refractivity contribution is -0.143. The topological polar surface area (TPSA) is 56.4 Å². The molecule has 1 atom stereocenters. The molecule has 0 radical (unpaired) electrons. The fourth-order valence-corrected chi connectivity index (χ4v) is 5.61. The van der Waals surface area contributed by atoms with E-state index < -0.39 is 5.54 Å². The van der Waals surface area contributed by atoms with Crippen molar-refractivity contribution in [2.45, 2.75) is 39.2 Å². The molecule has 5 rings (SSSR count). The predicted molar refractivity (Wildman–Crippen MR) is 126 cm³/mol. The van der Waals surface area contributed by atoms with Crippen molar-refractivity contribution in [3.05, 3.63) is 63.8 Å². The van der Waals surface area contributed by atoms with E-state index in [2.05, 4.69) is 40.8 Å². The molecule has 0 fully saturated rings. The largest absolute Gasteiger partial charge is 0.355 e. The molecule has 160 valence electrons. The molecule has 2 aliphatic heterocycles. The zero-order valence-electron chi connectivity index (χ0n) is 18.0. The highest BCUT2D eigenvalue weighted by molar-refractivity contribution is 9.10. The number of para-hydroxylation sites is 1. The monoisotopic (exact) mass is 479 g/mol. The molecule has 1 aromatic heterocycles. The molecule has 1 spiro atoms. The van der Waals surface area contributed by atoms with Gasteiger partial charge in [0, 0.05) is 41.0 Å². The minimum Gasteiger partial charge on any atom is -0.355 e. The van der Waals surface area contributed by atoms with Gasteiger partial charge in [0.25, 0.3) is 5.91 Å². The summed E-state index contributed by atoms with van der Waals surface area (Å²) >= 11 is 3.61. The van der Waals surface area contributed by atoms with Gasteiger partial charge < -0.3 is 14.8 Å². The SMILES string of the molecule is CC(=O)N1CCc2c([nH]c3ccccc23)[C@@]12C(=O)N(CCC(C)C)c1ccc(Br)cc12. The van der Waals surface area contributed by atoms with Crippen LogP contribution < -0.4 is 4.90 Å². The Morgan fingerprint density at radius 2 is 2.00 bits per heavy atom. The molecule has 2 aromatic carbocycles. The molecule has 31 heavy (non-hydrogen) atoms. The van der Waals surface area contributed by atoms with Gasteiger partial charge in [-0.1, -0.05) is 48.0 Å². The van der Waals surface area contributed by atoms with Crippen LogP contribution in [-0.2, 0) is 21.5 Å². The molecule has 2 aliphatic rings. The number of fused-ring (bicyclic) bond motifs is 6. The van der Waals surface area contributed by atoms with Crippen LogP contribution in [0, 0.1) is 5.92 Å². The fourth-order valence-electron chi connectivity index (χ4n) is 5.25. The van der Waals surface area contributed by atoms with E-state index in [0.29, 0.717) is 19.0 Å². The first-order chi connectivity index (χ1) is 14.9. The lowest BCUT2D eigenvalue weighted by atomic mass is 9.80. The second-order valence-electron chi connectivity index (χ2n) is 8.96. The van der Waals surface area contributed by atoms with E-state index in [1.165, 1.54) is 0 Å². The summed E-state index contributed by atoms with van der Waals surface area (Å²) in [5.74, 6) is 0.348. The maximum Gasteiger partial charge on any atom is 0.263 e. The quantitative estimate of drug-likeness (QED) is 0.576. The summed E-state index contributed by atoms with van der Waals surface area (Å²) in [4.78, 5) is 34.5. The number of rotatable bonds is 3. The van der Waals surface area contributed by atoms with Gasteiger partial charge >= 0.3 is 0 Å². The van der Waals surface area contributed by atoms with Crippen LogP contribution in [0.5, 0.6) is 0 Å². The maximum atomic E-state index is 14.3. The van der Waals surface area contributed by atoms with Crippen LogP contribution in [0.3, 0.4) is 0 Å². The highest BCUT2D eigenvalue weighted by Crippen LogP contribution is 2.52. The van der Waals surface area contributed by atoms with E-state index in [-0.39, 0.29) is 11.8 Å². The number of nitrogens with zero attached hydrogens (tertiary/aromatic N) is 2. The Morgan fingerprint density at radius 1 is 1.23 bits per heavy atom. The molecule has 3 heterocycles. The molecule has 0 saturated heterocycles. The van der Waals surface area contributed by atoms with E-state index >= 15 is 0 Å². The third-order valence-electron chi connectivity index (χ3n) is 6.67. The van der Waals surface area contributed by atoms with Crippen LogP contribution in [0.25, 0.3) is 10.9 Å². The van der Waals surface area contributed by atoms with Crippen molar-refractivity contribution in [2.75, 3.05) is 18.0 Å². The fraction of sp³-hybridized carbons (Fsp3) is 0.360. The first-order valence-corrected chi connectivity index (χ1v) is 11.6. The summed E-state index contributed by atoms with van der Waals surface area (Å²) in [6, 6.07) is 14.1. The summed E-state index contributed by atoms with van der Waals surface area (Å²) in [7, 11) is 0. The van der Waals surface area contributed by atoms with Crippen LogP contribution in [0.4, 0.5) is 5.69 Å². The van der Waals surface area contributed by atoms with Gasteiger partial charge in [-0.2, -0.15) is 0 Å². The summed E-state index contributed by atoms with van der Waals surface area (Å²) < 4.78 is 0.899. The van der Waals surface area contributed by atoms with Gasteiger partial charge in [0.1, 0.15) is 0 Å². The van der Waals surface area contributed by atoms with Gasteiger partial charge in [0.2, 0.25) is 5.91 Å².